The zero-order valence-corrected chi connectivity index (χ0v) is 18.1. The molecule has 0 radical (unpaired) electrons. The van der Waals surface area contributed by atoms with Crippen LogP contribution in [0.25, 0.3) is 16.9 Å². The van der Waals surface area contributed by atoms with Gasteiger partial charge in [-0.25, -0.2) is 0 Å². The van der Waals surface area contributed by atoms with E-state index in [0.717, 1.165) is 10.7 Å². The van der Waals surface area contributed by atoms with Crippen LogP contribution >= 0.6 is 34.8 Å². The highest BCUT2D eigenvalue weighted by Gasteiger charge is 2.38. The van der Waals surface area contributed by atoms with Crippen molar-refractivity contribution >= 4 is 40.7 Å². The van der Waals surface area contributed by atoms with Crippen LogP contribution in [0.1, 0.15) is 10.4 Å². The van der Waals surface area contributed by atoms with Crippen molar-refractivity contribution in [3.05, 3.63) is 79.5 Å². The molecule has 0 spiro atoms. The second-order valence-electron chi connectivity index (χ2n) is 6.56. The fraction of sp³-hybridized carbons (Fsp3) is 0.150. The maximum atomic E-state index is 13.0. The number of aliphatic hydroxyl groups is 1. The van der Waals surface area contributed by atoms with Crippen molar-refractivity contribution in [2.75, 3.05) is 6.54 Å². The van der Waals surface area contributed by atoms with Crippen molar-refractivity contribution in [2.45, 2.75) is 12.3 Å². The lowest BCUT2D eigenvalue weighted by atomic mass is 10.1. The molecule has 0 bridgehead atoms. The van der Waals surface area contributed by atoms with Gasteiger partial charge in [-0.1, -0.05) is 46.9 Å². The number of hydrogen-bond donors (Lipinski definition) is 2. The average Bonchev–Trinajstić information content (AvgIpc) is 2.71. The zero-order chi connectivity index (χ0) is 23.6. The Labute approximate surface area is 194 Å². The van der Waals surface area contributed by atoms with E-state index in [1.807, 2.05) is 5.32 Å². The Morgan fingerprint density at radius 1 is 1.03 bits per heavy atom. The second kappa shape index (κ2) is 9.50. The van der Waals surface area contributed by atoms with E-state index >= 15 is 0 Å². The predicted octanol–water partition coefficient (Wildman–Crippen LogP) is 4.51. The van der Waals surface area contributed by atoms with E-state index in [0.29, 0.717) is 10.6 Å². The molecule has 32 heavy (non-hydrogen) atoms. The number of carbonyl (C=O) groups excluding carboxylic acids is 1. The van der Waals surface area contributed by atoms with E-state index in [1.54, 1.807) is 24.3 Å². The largest absolute Gasteiger partial charge is 0.416 e. The number of nitrogens with one attached hydrogen (secondary N) is 1. The summed E-state index contributed by atoms with van der Waals surface area (Å²) in [6.45, 7) is -1.14. The first-order valence-corrected chi connectivity index (χ1v) is 9.99. The maximum absolute atomic E-state index is 13.0. The highest BCUT2D eigenvalue weighted by molar-refractivity contribution is 6.34. The first-order chi connectivity index (χ1) is 15.0. The van der Waals surface area contributed by atoms with Crippen LogP contribution in [0, 0.1) is 0 Å². The minimum absolute atomic E-state index is 0.132. The van der Waals surface area contributed by atoms with Crippen molar-refractivity contribution in [3.8, 4) is 16.9 Å². The number of alkyl halides is 3. The molecular weight excluding hydrogens is 494 g/mol. The van der Waals surface area contributed by atoms with Gasteiger partial charge in [-0.15, -0.1) is 0 Å². The lowest BCUT2D eigenvalue weighted by Gasteiger charge is -2.15. The van der Waals surface area contributed by atoms with Gasteiger partial charge >= 0.3 is 6.18 Å². The van der Waals surface area contributed by atoms with Crippen LogP contribution in [-0.2, 0) is 0 Å². The summed E-state index contributed by atoms with van der Waals surface area (Å²) < 4.78 is 38.5. The summed E-state index contributed by atoms with van der Waals surface area (Å²) in [5.74, 6) is -1.13. The number of halogens is 6. The molecule has 12 heteroatoms. The standard InChI is InChI=1S/C20H13Cl3F3N3O3/c21-11-3-1-10(2-4-11)16-8-15(18(31)27-9-17(30)20(24,25)26)19(32)29(28-16)14-6-12(22)5-13(23)7-14/h1-8,17,30H,9H2,(H,27,31). The number of carbonyl (C=O) groups is 1. The number of aliphatic hydroxyl groups excluding tert-OH is 1. The molecule has 0 aliphatic carbocycles. The summed E-state index contributed by atoms with van der Waals surface area (Å²) in [5, 5.41) is 16.1. The maximum Gasteiger partial charge on any atom is 0.416 e. The van der Waals surface area contributed by atoms with E-state index in [4.69, 9.17) is 39.9 Å². The monoisotopic (exact) mass is 505 g/mol. The van der Waals surface area contributed by atoms with Crippen LogP contribution in [0.2, 0.25) is 15.1 Å². The average molecular weight is 507 g/mol. The smallest absolute Gasteiger partial charge is 0.382 e. The third-order valence-corrected chi connectivity index (χ3v) is 4.91. The predicted molar refractivity (Wildman–Crippen MR) is 115 cm³/mol. The third kappa shape index (κ3) is 5.60. The van der Waals surface area contributed by atoms with Gasteiger partial charge in [0.15, 0.2) is 6.10 Å². The fourth-order valence-corrected chi connectivity index (χ4v) is 3.30. The summed E-state index contributed by atoms with van der Waals surface area (Å²) in [6, 6.07) is 11.6. The zero-order valence-electron chi connectivity index (χ0n) is 15.8. The quantitative estimate of drug-likeness (QED) is 0.533. The van der Waals surface area contributed by atoms with Gasteiger partial charge in [-0.2, -0.15) is 23.0 Å². The van der Waals surface area contributed by atoms with Gasteiger partial charge in [-0.05, 0) is 36.4 Å². The molecule has 0 fully saturated rings. The molecule has 168 valence electrons. The van der Waals surface area contributed by atoms with Crippen LogP contribution in [0.15, 0.2) is 53.3 Å². The summed E-state index contributed by atoms with van der Waals surface area (Å²) >= 11 is 17.9. The first kappa shape index (κ1) is 24.1. The van der Waals surface area contributed by atoms with Gasteiger partial charge in [0.25, 0.3) is 11.5 Å². The number of rotatable bonds is 5. The Kier molecular flexibility index (Phi) is 7.14. The highest BCUT2D eigenvalue weighted by atomic mass is 35.5. The molecule has 2 aromatic carbocycles. The van der Waals surface area contributed by atoms with Gasteiger partial charge in [-0.3, -0.25) is 9.59 Å². The van der Waals surface area contributed by atoms with E-state index in [9.17, 15) is 22.8 Å². The second-order valence-corrected chi connectivity index (χ2v) is 7.87. The van der Waals surface area contributed by atoms with E-state index < -0.39 is 35.9 Å². The summed E-state index contributed by atoms with van der Waals surface area (Å²) in [4.78, 5) is 25.5. The molecule has 0 saturated carbocycles. The van der Waals surface area contributed by atoms with Crippen LogP contribution in [0.5, 0.6) is 0 Å². The Morgan fingerprint density at radius 2 is 1.62 bits per heavy atom. The van der Waals surface area contributed by atoms with Gasteiger partial charge in [0.2, 0.25) is 0 Å². The van der Waals surface area contributed by atoms with E-state index in [-0.39, 0.29) is 21.4 Å². The van der Waals surface area contributed by atoms with Crippen molar-refractivity contribution in [3.63, 3.8) is 0 Å². The Balaban J connectivity index is 2.11. The van der Waals surface area contributed by atoms with E-state index in [1.165, 1.54) is 18.2 Å². The van der Waals surface area contributed by atoms with Gasteiger partial charge < -0.3 is 10.4 Å². The molecule has 1 heterocycles. The number of aromatic nitrogens is 2. The highest BCUT2D eigenvalue weighted by Crippen LogP contribution is 2.24. The molecule has 3 aromatic rings. The van der Waals surface area contributed by atoms with Crippen molar-refractivity contribution in [2.24, 2.45) is 0 Å². The Bertz CT molecular complexity index is 1190. The summed E-state index contributed by atoms with van der Waals surface area (Å²) in [5.41, 5.74) is -0.678. The summed E-state index contributed by atoms with van der Waals surface area (Å²) in [7, 11) is 0. The Hall–Kier alpha value is -2.59. The van der Waals surface area contributed by atoms with Crippen LogP contribution in [-0.4, -0.2) is 39.6 Å². The lowest BCUT2D eigenvalue weighted by Crippen LogP contribution is -2.42. The molecule has 6 nitrogen and oxygen atoms in total. The molecule has 1 amide bonds. The van der Waals surface area contributed by atoms with Crippen molar-refractivity contribution in [1.82, 2.24) is 15.1 Å². The molecule has 0 aliphatic heterocycles. The fourth-order valence-electron chi connectivity index (χ4n) is 2.66. The van der Waals surface area contributed by atoms with Crippen LogP contribution in [0.3, 0.4) is 0 Å². The van der Waals surface area contributed by atoms with Gasteiger partial charge in [0.05, 0.1) is 17.9 Å². The van der Waals surface area contributed by atoms with Gasteiger partial charge in [0, 0.05) is 20.6 Å². The third-order valence-electron chi connectivity index (χ3n) is 4.22. The molecule has 1 unspecified atom stereocenters. The topological polar surface area (TPSA) is 84.2 Å². The molecule has 3 rings (SSSR count). The number of hydrogen-bond acceptors (Lipinski definition) is 4. The molecule has 0 saturated heterocycles. The molecule has 1 aromatic heterocycles. The number of benzene rings is 2. The normalized spacial score (nSPS) is 12.5. The van der Waals surface area contributed by atoms with E-state index in [2.05, 4.69) is 5.10 Å². The SMILES string of the molecule is O=C(NCC(O)C(F)(F)F)c1cc(-c2ccc(Cl)cc2)nn(-c2cc(Cl)cc(Cl)c2)c1=O. The van der Waals surface area contributed by atoms with Gasteiger partial charge in [0.1, 0.15) is 5.56 Å². The van der Waals surface area contributed by atoms with Crippen molar-refractivity contribution < 1.29 is 23.1 Å². The molecule has 0 aliphatic rings. The number of nitrogens with zero attached hydrogens (tertiary/aromatic N) is 2. The lowest BCUT2D eigenvalue weighted by molar-refractivity contribution is -0.201. The molecule has 2 N–H and O–H groups in total. The minimum Gasteiger partial charge on any atom is -0.382 e. The minimum atomic E-state index is -4.93. The Morgan fingerprint density at radius 3 is 2.19 bits per heavy atom. The molecule has 1 atom stereocenters. The van der Waals surface area contributed by atoms with Crippen molar-refractivity contribution in [1.29, 1.82) is 0 Å². The van der Waals surface area contributed by atoms with Crippen LogP contribution < -0.4 is 10.9 Å². The van der Waals surface area contributed by atoms with Crippen LogP contribution in [0.4, 0.5) is 13.2 Å². The molecular formula is C20H13Cl3F3N3O3. The summed E-state index contributed by atoms with van der Waals surface area (Å²) in [6.07, 6.45) is -7.73. The number of amides is 1. The first-order valence-electron chi connectivity index (χ1n) is 8.85.